The van der Waals surface area contributed by atoms with Crippen LogP contribution in [0, 0.1) is 0 Å². The van der Waals surface area contributed by atoms with Gasteiger partial charge >= 0.3 is 18.1 Å². The van der Waals surface area contributed by atoms with Crippen LogP contribution < -0.4 is 5.73 Å². The summed E-state index contributed by atoms with van der Waals surface area (Å²) in [4.78, 5) is 24.4. The van der Waals surface area contributed by atoms with Crippen molar-refractivity contribution in [2.24, 2.45) is 5.73 Å². The highest BCUT2D eigenvalue weighted by Crippen LogP contribution is 2.20. The van der Waals surface area contributed by atoms with Gasteiger partial charge in [-0.2, -0.15) is 13.2 Å². The number of halogens is 3. The number of nitrogens with zero attached hydrogens (tertiary/aromatic N) is 1. The number of alkyl halides is 3. The number of ether oxygens (including phenoxy) is 1. The number of rotatable bonds is 3. The molecule has 3 N–H and O–H groups in total. The topological polar surface area (TPSA) is 103 Å². The van der Waals surface area contributed by atoms with Crippen molar-refractivity contribution in [3.63, 3.8) is 0 Å². The highest BCUT2D eigenvalue weighted by molar-refractivity contribution is 5.89. The fourth-order valence-corrected chi connectivity index (χ4v) is 1.69. The van der Waals surface area contributed by atoms with Crippen molar-refractivity contribution in [1.82, 2.24) is 4.98 Å². The van der Waals surface area contributed by atoms with Gasteiger partial charge < -0.3 is 15.6 Å². The summed E-state index contributed by atoms with van der Waals surface area (Å²) >= 11 is 0. The third-order valence-corrected chi connectivity index (χ3v) is 2.91. The number of aromatic nitrogens is 1. The molecule has 0 aliphatic carbocycles. The van der Waals surface area contributed by atoms with Gasteiger partial charge in [-0.3, -0.25) is 4.98 Å². The molecule has 0 aliphatic rings. The number of benzene rings is 1. The molecule has 1 aromatic carbocycles. The van der Waals surface area contributed by atoms with Gasteiger partial charge in [0.15, 0.2) is 0 Å². The molecule has 2 aromatic rings. The lowest BCUT2D eigenvalue weighted by molar-refractivity contribution is -0.192. The second-order valence-corrected chi connectivity index (χ2v) is 4.61. The van der Waals surface area contributed by atoms with E-state index in [-0.39, 0.29) is 5.97 Å². The first-order chi connectivity index (χ1) is 11.7. The predicted molar refractivity (Wildman–Crippen MR) is 82.6 cm³/mol. The molecule has 25 heavy (non-hydrogen) atoms. The molecule has 0 amide bonds. The van der Waals surface area contributed by atoms with Crippen molar-refractivity contribution in [2.45, 2.75) is 12.7 Å². The summed E-state index contributed by atoms with van der Waals surface area (Å²) in [6.07, 6.45) is -3.36. The Morgan fingerprint density at radius 3 is 2.16 bits per heavy atom. The Morgan fingerprint density at radius 1 is 1.16 bits per heavy atom. The van der Waals surface area contributed by atoms with Crippen LogP contribution in [0.5, 0.6) is 0 Å². The first-order valence-corrected chi connectivity index (χ1v) is 6.83. The van der Waals surface area contributed by atoms with E-state index in [0.717, 1.165) is 16.8 Å². The molecule has 0 saturated heterocycles. The Bertz CT molecular complexity index is 731. The smallest absolute Gasteiger partial charge is 0.475 e. The van der Waals surface area contributed by atoms with Gasteiger partial charge in [0, 0.05) is 12.7 Å². The number of pyridine rings is 1. The average Bonchev–Trinajstić information content (AvgIpc) is 2.61. The zero-order valence-electron chi connectivity index (χ0n) is 13.1. The predicted octanol–water partition coefficient (Wildman–Crippen LogP) is 2.63. The van der Waals surface area contributed by atoms with Crippen molar-refractivity contribution >= 4 is 11.9 Å². The van der Waals surface area contributed by atoms with Crippen LogP contribution in [-0.4, -0.2) is 35.3 Å². The molecule has 0 radical (unpaired) electrons. The first-order valence-electron chi connectivity index (χ1n) is 6.83. The largest absolute Gasteiger partial charge is 0.490 e. The van der Waals surface area contributed by atoms with Gasteiger partial charge in [-0.25, -0.2) is 9.59 Å². The van der Waals surface area contributed by atoms with Crippen LogP contribution in [0.1, 0.15) is 16.1 Å². The summed E-state index contributed by atoms with van der Waals surface area (Å²) in [5.74, 6) is -3.09. The maximum Gasteiger partial charge on any atom is 0.490 e. The molecular formula is C16H15F3N2O4. The number of carbonyl (C=O) groups excluding carboxylic acids is 1. The number of hydrogen-bond donors (Lipinski definition) is 2. The lowest BCUT2D eigenvalue weighted by Gasteiger charge is -2.04. The van der Waals surface area contributed by atoms with Gasteiger partial charge in [0.05, 0.1) is 18.4 Å². The number of nitrogens with two attached hydrogens (primary N) is 1. The number of esters is 1. The van der Waals surface area contributed by atoms with E-state index in [1.165, 1.54) is 7.11 Å². The molecule has 0 bridgehead atoms. The second-order valence-electron chi connectivity index (χ2n) is 4.61. The molecule has 1 aromatic heterocycles. The Labute approximate surface area is 141 Å². The van der Waals surface area contributed by atoms with Crippen molar-refractivity contribution < 1.29 is 32.6 Å². The number of hydrogen-bond acceptors (Lipinski definition) is 5. The maximum atomic E-state index is 11.3. The van der Waals surface area contributed by atoms with Gasteiger partial charge in [-0.1, -0.05) is 12.1 Å². The summed E-state index contributed by atoms with van der Waals surface area (Å²) in [7, 11) is 1.37. The fraction of sp³-hybridized carbons (Fsp3) is 0.188. The fourth-order valence-electron chi connectivity index (χ4n) is 1.69. The molecule has 0 spiro atoms. The van der Waals surface area contributed by atoms with Crippen LogP contribution >= 0.6 is 0 Å². The van der Waals surface area contributed by atoms with E-state index in [1.54, 1.807) is 18.3 Å². The molecule has 0 saturated carbocycles. The number of carboxylic acid groups (broad SMARTS) is 1. The third kappa shape index (κ3) is 6.22. The van der Waals surface area contributed by atoms with E-state index in [9.17, 15) is 18.0 Å². The molecule has 9 heteroatoms. The molecular weight excluding hydrogens is 341 g/mol. The van der Waals surface area contributed by atoms with Crippen LogP contribution in [0.15, 0.2) is 42.6 Å². The van der Waals surface area contributed by atoms with Gasteiger partial charge in [0.2, 0.25) is 0 Å². The summed E-state index contributed by atoms with van der Waals surface area (Å²) in [6, 6.07) is 11.1. The first kappa shape index (κ1) is 20.1. The Kier molecular flexibility index (Phi) is 7.06. The lowest BCUT2D eigenvalue weighted by Crippen LogP contribution is -2.21. The van der Waals surface area contributed by atoms with E-state index in [2.05, 4.69) is 9.72 Å². The Morgan fingerprint density at radius 2 is 1.72 bits per heavy atom. The molecule has 2 rings (SSSR count). The molecule has 134 valence electrons. The minimum atomic E-state index is -5.08. The maximum absolute atomic E-state index is 11.3. The standard InChI is InChI=1S/C14H14N2O2.C2HF3O2/c1-18-14(17)11-4-2-10(3-5-11)12-6-7-16-13(8-12)9-15;3-2(4,5)1(6)7/h2-8H,9,15H2,1H3;(H,6,7). The lowest BCUT2D eigenvalue weighted by atomic mass is 10.0. The van der Waals surface area contributed by atoms with E-state index >= 15 is 0 Å². The Hall–Kier alpha value is -2.94. The molecule has 0 aliphatic heterocycles. The van der Waals surface area contributed by atoms with E-state index < -0.39 is 12.1 Å². The highest BCUT2D eigenvalue weighted by Gasteiger charge is 2.38. The van der Waals surface area contributed by atoms with Gasteiger partial charge in [-0.05, 0) is 35.4 Å². The number of carboxylic acids is 1. The van der Waals surface area contributed by atoms with Crippen molar-refractivity contribution in [3.05, 3.63) is 53.9 Å². The number of methoxy groups -OCH3 is 1. The van der Waals surface area contributed by atoms with Gasteiger partial charge in [0.1, 0.15) is 0 Å². The van der Waals surface area contributed by atoms with Crippen LogP contribution in [-0.2, 0) is 16.1 Å². The highest BCUT2D eigenvalue weighted by atomic mass is 19.4. The van der Waals surface area contributed by atoms with E-state index in [4.69, 9.17) is 15.6 Å². The van der Waals surface area contributed by atoms with Gasteiger partial charge in [-0.15, -0.1) is 0 Å². The summed E-state index contributed by atoms with van der Waals surface area (Å²) < 4.78 is 36.4. The molecule has 1 heterocycles. The molecule has 0 fully saturated rings. The van der Waals surface area contributed by atoms with Crippen LogP contribution in [0.2, 0.25) is 0 Å². The normalized spacial score (nSPS) is 10.4. The van der Waals surface area contributed by atoms with Crippen molar-refractivity contribution in [1.29, 1.82) is 0 Å². The van der Waals surface area contributed by atoms with Crippen molar-refractivity contribution in [2.75, 3.05) is 7.11 Å². The summed E-state index contributed by atoms with van der Waals surface area (Å²) in [5, 5.41) is 7.12. The monoisotopic (exact) mass is 356 g/mol. The third-order valence-electron chi connectivity index (χ3n) is 2.91. The zero-order chi connectivity index (χ0) is 19.0. The Balaban J connectivity index is 0.000000381. The number of aliphatic carboxylic acids is 1. The molecule has 0 unspecified atom stereocenters. The summed E-state index contributed by atoms with van der Waals surface area (Å²) in [5.41, 5.74) is 8.97. The minimum absolute atomic E-state index is 0.334. The van der Waals surface area contributed by atoms with E-state index in [1.807, 2.05) is 24.3 Å². The SMILES string of the molecule is COC(=O)c1ccc(-c2ccnc(CN)c2)cc1.O=C(O)C(F)(F)F. The van der Waals surface area contributed by atoms with Crippen molar-refractivity contribution in [3.8, 4) is 11.1 Å². The summed E-state index contributed by atoms with van der Waals surface area (Å²) in [6.45, 7) is 0.411. The van der Waals surface area contributed by atoms with Crippen LogP contribution in [0.3, 0.4) is 0 Å². The quantitative estimate of drug-likeness (QED) is 0.820. The average molecular weight is 356 g/mol. The number of carbonyl (C=O) groups is 2. The second kappa shape index (κ2) is 8.78. The van der Waals surface area contributed by atoms with Crippen LogP contribution in [0.25, 0.3) is 11.1 Å². The molecule has 0 atom stereocenters. The van der Waals surface area contributed by atoms with Gasteiger partial charge in [0.25, 0.3) is 0 Å². The molecule has 6 nitrogen and oxygen atoms in total. The van der Waals surface area contributed by atoms with E-state index in [0.29, 0.717) is 12.1 Å². The minimum Gasteiger partial charge on any atom is -0.475 e. The zero-order valence-corrected chi connectivity index (χ0v) is 13.1. The van der Waals surface area contributed by atoms with Crippen LogP contribution in [0.4, 0.5) is 13.2 Å².